The highest BCUT2D eigenvalue weighted by molar-refractivity contribution is 5.45. The summed E-state index contributed by atoms with van der Waals surface area (Å²) < 4.78 is 0. The van der Waals surface area contributed by atoms with Gasteiger partial charge in [0.25, 0.3) is 0 Å². The van der Waals surface area contributed by atoms with Crippen molar-refractivity contribution < 1.29 is 4.92 Å². The van der Waals surface area contributed by atoms with E-state index in [9.17, 15) is 10.1 Å². The van der Waals surface area contributed by atoms with Crippen molar-refractivity contribution in [1.29, 1.82) is 0 Å². The molecule has 12 heavy (non-hydrogen) atoms. The van der Waals surface area contributed by atoms with E-state index in [-0.39, 0.29) is 5.70 Å². The van der Waals surface area contributed by atoms with Gasteiger partial charge in [-0.15, -0.1) is 0 Å². The largest absolute Gasteiger partial charge is 0.259 e. The SMILES string of the molecule is C/C(=C\c1ccccn1)[N+](=O)[O-]. The summed E-state index contributed by atoms with van der Waals surface area (Å²) in [6.07, 6.45) is 3.03. The fourth-order valence-corrected chi connectivity index (χ4v) is 0.728. The number of allylic oxidation sites excluding steroid dienone is 1. The predicted octanol–water partition coefficient (Wildman–Crippen LogP) is 1.72. The average Bonchev–Trinajstić information content (AvgIpc) is 2.06. The van der Waals surface area contributed by atoms with Gasteiger partial charge in [-0.1, -0.05) is 6.07 Å². The molecule has 4 heteroatoms. The minimum absolute atomic E-state index is 0.0914. The van der Waals surface area contributed by atoms with Crippen LogP contribution in [0.5, 0.6) is 0 Å². The lowest BCUT2D eigenvalue weighted by molar-refractivity contribution is -0.422. The number of aromatic nitrogens is 1. The third-order valence-corrected chi connectivity index (χ3v) is 1.33. The minimum Gasteiger partial charge on any atom is -0.259 e. The van der Waals surface area contributed by atoms with Gasteiger partial charge in [0.1, 0.15) is 0 Å². The summed E-state index contributed by atoms with van der Waals surface area (Å²) in [6, 6.07) is 5.26. The van der Waals surface area contributed by atoms with E-state index in [0.29, 0.717) is 5.69 Å². The summed E-state index contributed by atoms with van der Waals surface area (Å²) in [7, 11) is 0. The van der Waals surface area contributed by atoms with Crippen LogP contribution in [0.25, 0.3) is 6.08 Å². The molecule has 0 radical (unpaired) electrons. The van der Waals surface area contributed by atoms with Gasteiger partial charge in [0.2, 0.25) is 5.70 Å². The topological polar surface area (TPSA) is 56.0 Å². The maximum absolute atomic E-state index is 10.2. The van der Waals surface area contributed by atoms with Crippen molar-refractivity contribution >= 4 is 6.08 Å². The molecule has 62 valence electrons. The zero-order valence-electron chi connectivity index (χ0n) is 6.60. The Balaban J connectivity index is 2.89. The number of hydrogen-bond donors (Lipinski definition) is 0. The van der Waals surface area contributed by atoms with E-state index in [2.05, 4.69) is 4.98 Å². The fourth-order valence-electron chi connectivity index (χ4n) is 0.728. The predicted molar refractivity (Wildman–Crippen MR) is 44.9 cm³/mol. The summed E-state index contributed by atoms with van der Waals surface area (Å²) >= 11 is 0. The van der Waals surface area contributed by atoms with Crippen LogP contribution >= 0.6 is 0 Å². The van der Waals surface area contributed by atoms with Gasteiger partial charge in [0.05, 0.1) is 10.6 Å². The van der Waals surface area contributed by atoms with Gasteiger partial charge < -0.3 is 0 Å². The third kappa shape index (κ3) is 2.16. The van der Waals surface area contributed by atoms with Crippen LogP contribution in [0.4, 0.5) is 0 Å². The van der Waals surface area contributed by atoms with Crippen molar-refractivity contribution in [1.82, 2.24) is 4.98 Å². The van der Waals surface area contributed by atoms with Crippen LogP contribution < -0.4 is 0 Å². The minimum atomic E-state index is -0.436. The van der Waals surface area contributed by atoms with Crippen LogP contribution in [-0.2, 0) is 0 Å². The van der Waals surface area contributed by atoms with Crippen LogP contribution in [0.2, 0.25) is 0 Å². The Morgan fingerprint density at radius 1 is 1.67 bits per heavy atom. The van der Waals surface area contributed by atoms with Crippen molar-refractivity contribution in [2.75, 3.05) is 0 Å². The molecule has 0 amide bonds. The van der Waals surface area contributed by atoms with E-state index < -0.39 is 4.92 Å². The second-order valence-corrected chi connectivity index (χ2v) is 2.30. The van der Waals surface area contributed by atoms with E-state index in [1.54, 1.807) is 24.4 Å². The molecular weight excluding hydrogens is 156 g/mol. The first kappa shape index (κ1) is 8.39. The van der Waals surface area contributed by atoms with Gasteiger partial charge in [-0.2, -0.15) is 0 Å². The van der Waals surface area contributed by atoms with Gasteiger partial charge in [-0.25, -0.2) is 0 Å². The molecule has 0 aliphatic rings. The summed E-state index contributed by atoms with van der Waals surface area (Å²) in [4.78, 5) is 13.7. The molecule has 1 aromatic heterocycles. The van der Waals surface area contributed by atoms with Gasteiger partial charge in [-0.3, -0.25) is 15.1 Å². The summed E-state index contributed by atoms with van der Waals surface area (Å²) in [6.45, 7) is 1.44. The van der Waals surface area contributed by atoms with E-state index in [1.807, 2.05) is 0 Å². The second kappa shape index (κ2) is 3.61. The number of nitro groups is 1. The van der Waals surface area contributed by atoms with Crippen molar-refractivity contribution in [3.05, 3.63) is 45.9 Å². The molecule has 0 N–H and O–H groups in total. The molecule has 0 aliphatic heterocycles. The Morgan fingerprint density at radius 2 is 2.42 bits per heavy atom. The molecular formula is C8H8N2O2. The third-order valence-electron chi connectivity index (χ3n) is 1.33. The Labute approximate surface area is 69.7 Å². The summed E-state index contributed by atoms with van der Waals surface area (Å²) in [5.41, 5.74) is 0.695. The maximum Gasteiger partial charge on any atom is 0.245 e. The van der Waals surface area contributed by atoms with Gasteiger partial charge >= 0.3 is 0 Å². The highest BCUT2D eigenvalue weighted by atomic mass is 16.6. The molecule has 4 nitrogen and oxygen atoms in total. The summed E-state index contributed by atoms with van der Waals surface area (Å²) in [5, 5.41) is 10.2. The van der Waals surface area contributed by atoms with Gasteiger partial charge in [0, 0.05) is 19.2 Å². The lowest BCUT2D eigenvalue weighted by atomic mass is 10.3. The van der Waals surface area contributed by atoms with E-state index in [1.165, 1.54) is 13.0 Å². The molecule has 0 fully saturated rings. The van der Waals surface area contributed by atoms with Crippen LogP contribution in [0.1, 0.15) is 12.6 Å². The smallest absolute Gasteiger partial charge is 0.245 e. The second-order valence-electron chi connectivity index (χ2n) is 2.30. The Hall–Kier alpha value is -1.71. The van der Waals surface area contributed by atoms with Crippen molar-refractivity contribution in [3.63, 3.8) is 0 Å². The summed E-state index contributed by atoms with van der Waals surface area (Å²) in [5.74, 6) is 0. The van der Waals surface area contributed by atoms with E-state index in [4.69, 9.17) is 0 Å². The van der Waals surface area contributed by atoms with Crippen molar-refractivity contribution in [2.45, 2.75) is 6.92 Å². The zero-order chi connectivity index (χ0) is 8.97. The standard InChI is InChI=1S/C8H8N2O2/c1-7(10(11)12)6-8-4-2-3-5-9-8/h2-6H,1H3/b7-6+. The fraction of sp³-hybridized carbons (Fsp3) is 0.125. The van der Waals surface area contributed by atoms with Crippen LogP contribution in [-0.4, -0.2) is 9.91 Å². The van der Waals surface area contributed by atoms with Crippen LogP contribution in [0, 0.1) is 10.1 Å². The quantitative estimate of drug-likeness (QED) is 0.494. The van der Waals surface area contributed by atoms with E-state index in [0.717, 1.165) is 0 Å². The molecule has 1 aromatic rings. The Bertz CT molecular complexity index is 306. The van der Waals surface area contributed by atoms with E-state index >= 15 is 0 Å². The molecule has 0 bridgehead atoms. The van der Waals surface area contributed by atoms with Gasteiger partial charge in [0.15, 0.2) is 0 Å². The monoisotopic (exact) mass is 164 g/mol. The van der Waals surface area contributed by atoms with Crippen molar-refractivity contribution in [2.24, 2.45) is 0 Å². The maximum atomic E-state index is 10.2. The van der Waals surface area contributed by atoms with Gasteiger partial charge in [-0.05, 0) is 12.1 Å². The van der Waals surface area contributed by atoms with Crippen LogP contribution in [0.15, 0.2) is 30.1 Å². The number of rotatable bonds is 2. The zero-order valence-corrected chi connectivity index (χ0v) is 6.60. The normalized spacial score (nSPS) is 11.2. The molecule has 0 aromatic carbocycles. The molecule has 1 rings (SSSR count). The highest BCUT2D eigenvalue weighted by Crippen LogP contribution is 2.02. The first-order valence-corrected chi connectivity index (χ1v) is 3.44. The molecule has 0 unspecified atom stereocenters. The molecule has 0 saturated carbocycles. The van der Waals surface area contributed by atoms with Crippen molar-refractivity contribution in [3.8, 4) is 0 Å². The number of pyridine rings is 1. The van der Waals surface area contributed by atoms with Crippen LogP contribution in [0.3, 0.4) is 0 Å². The highest BCUT2D eigenvalue weighted by Gasteiger charge is 2.01. The number of nitrogens with zero attached hydrogens (tertiary/aromatic N) is 2. The molecule has 0 aliphatic carbocycles. The number of hydrogen-bond acceptors (Lipinski definition) is 3. The molecule has 0 saturated heterocycles. The first-order valence-electron chi connectivity index (χ1n) is 3.44. The molecule has 1 heterocycles. The Kier molecular flexibility index (Phi) is 2.53. The first-order chi connectivity index (χ1) is 5.70. The Morgan fingerprint density at radius 3 is 2.92 bits per heavy atom. The molecule has 0 spiro atoms. The lowest BCUT2D eigenvalue weighted by Crippen LogP contribution is -1.93. The average molecular weight is 164 g/mol. The lowest BCUT2D eigenvalue weighted by Gasteiger charge is -1.90. The molecule has 0 atom stereocenters.